The number of aldehydes is 1. The van der Waals surface area contributed by atoms with E-state index in [0.29, 0.717) is 34.7 Å². The van der Waals surface area contributed by atoms with Crippen molar-refractivity contribution in [3.05, 3.63) is 38.3 Å². The molecule has 0 atom stereocenters. The monoisotopic (exact) mass is 369 g/mol. The normalized spacial score (nSPS) is 10.4. The quantitative estimate of drug-likeness (QED) is 0.684. The summed E-state index contributed by atoms with van der Waals surface area (Å²) in [6.07, 6.45) is 1.71. The molecule has 0 bridgehead atoms. The van der Waals surface area contributed by atoms with E-state index in [2.05, 4.69) is 27.8 Å². The Kier molecular flexibility index (Phi) is 5.76. The molecule has 1 heterocycles. The fourth-order valence-corrected chi connectivity index (χ4v) is 3.09. The van der Waals surface area contributed by atoms with E-state index in [-0.39, 0.29) is 0 Å². The minimum absolute atomic E-state index is 0.371. The van der Waals surface area contributed by atoms with E-state index >= 15 is 0 Å². The highest BCUT2D eigenvalue weighted by Crippen LogP contribution is 2.37. The van der Waals surface area contributed by atoms with Gasteiger partial charge < -0.3 is 9.47 Å². The van der Waals surface area contributed by atoms with Crippen molar-refractivity contribution in [3.63, 3.8) is 0 Å². The Morgan fingerprint density at radius 2 is 2.14 bits per heavy atom. The molecule has 0 unspecified atom stereocenters. The highest BCUT2D eigenvalue weighted by atomic mass is 79.9. The number of carbonyl (C=O) groups excluding carboxylic acids is 1. The molecule has 0 aliphatic rings. The molecule has 2 rings (SSSR count). The lowest BCUT2D eigenvalue weighted by Gasteiger charge is -2.13. The van der Waals surface area contributed by atoms with Crippen LogP contribution >= 0.6 is 27.3 Å². The van der Waals surface area contributed by atoms with Crippen LogP contribution in [0.2, 0.25) is 0 Å². The summed E-state index contributed by atoms with van der Waals surface area (Å²) in [4.78, 5) is 15.4. The topological polar surface area (TPSA) is 48.4 Å². The van der Waals surface area contributed by atoms with Gasteiger partial charge in [0.2, 0.25) is 0 Å². The van der Waals surface area contributed by atoms with Crippen LogP contribution in [-0.4, -0.2) is 17.9 Å². The second-order valence-electron chi connectivity index (χ2n) is 4.26. The number of aromatic nitrogens is 1. The molecule has 1 aromatic heterocycles. The molecule has 1 aromatic carbocycles. The summed E-state index contributed by atoms with van der Waals surface area (Å²) in [5, 5.41) is 3.08. The third-order valence-corrected chi connectivity index (χ3v) is 4.36. The minimum atomic E-state index is 0.371. The van der Waals surface area contributed by atoms with Gasteiger partial charge in [-0.15, -0.1) is 11.3 Å². The summed E-state index contributed by atoms with van der Waals surface area (Å²) in [5.74, 6) is 1.15. The molecule has 0 fully saturated rings. The molecule has 0 amide bonds. The highest BCUT2D eigenvalue weighted by Gasteiger charge is 2.13. The minimum Gasteiger partial charge on any atom is -0.490 e. The van der Waals surface area contributed by atoms with E-state index in [9.17, 15) is 4.79 Å². The van der Waals surface area contributed by atoms with Gasteiger partial charge in [0.05, 0.1) is 21.8 Å². The first-order valence-electron chi connectivity index (χ1n) is 6.65. The number of benzene rings is 1. The number of hydrogen-bond acceptors (Lipinski definition) is 5. The zero-order valence-electron chi connectivity index (χ0n) is 11.9. The van der Waals surface area contributed by atoms with Crippen LogP contribution in [0.25, 0.3) is 0 Å². The molecule has 0 aliphatic heterocycles. The van der Waals surface area contributed by atoms with Gasteiger partial charge in [-0.25, -0.2) is 4.98 Å². The summed E-state index contributed by atoms with van der Waals surface area (Å²) < 4.78 is 12.1. The Labute approximate surface area is 136 Å². The molecule has 2 aromatic rings. The van der Waals surface area contributed by atoms with Crippen molar-refractivity contribution in [2.45, 2.75) is 26.9 Å². The van der Waals surface area contributed by atoms with Gasteiger partial charge in [-0.1, -0.05) is 6.92 Å². The number of aryl methyl sites for hydroxylation is 1. The van der Waals surface area contributed by atoms with Gasteiger partial charge >= 0.3 is 0 Å². The van der Waals surface area contributed by atoms with Crippen molar-refractivity contribution in [1.29, 1.82) is 0 Å². The summed E-state index contributed by atoms with van der Waals surface area (Å²) in [5.41, 5.74) is 1.44. The lowest BCUT2D eigenvalue weighted by molar-refractivity contribution is 0.112. The lowest BCUT2D eigenvalue weighted by Crippen LogP contribution is -2.02. The molecule has 0 aliphatic carbocycles. The van der Waals surface area contributed by atoms with E-state index < -0.39 is 0 Å². The van der Waals surface area contributed by atoms with Crippen LogP contribution in [0.3, 0.4) is 0 Å². The average Bonchev–Trinajstić information content (AvgIpc) is 2.94. The van der Waals surface area contributed by atoms with Gasteiger partial charge in [0, 0.05) is 10.9 Å². The van der Waals surface area contributed by atoms with Gasteiger partial charge in [-0.05, 0) is 41.4 Å². The Hall–Kier alpha value is -1.40. The largest absolute Gasteiger partial charge is 0.490 e. The highest BCUT2D eigenvalue weighted by molar-refractivity contribution is 9.10. The van der Waals surface area contributed by atoms with E-state index in [0.717, 1.165) is 23.4 Å². The van der Waals surface area contributed by atoms with Crippen molar-refractivity contribution in [2.75, 3.05) is 6.61 Å². The molecule has 0 N–H and O–H groups in total. The SMILES string of the molecule is CCOc1cc(C=O)cc(Br)c1OCc1csc(CC)n1. The molecule has 6 heteroatoms. The molecule has 0 radical (unpaired) electrons. The molecule has 0 saturated carbocycles. The van der Waals surface area contributed by atoms with Gasteiger partial charge in [0.1, 0.15) is 12.9 Å². The third kappa shape index (κ3) is 4.04. The first kappa shape index (κ1) is 16.0. The summed E-state index contributed by atoms with van der Waals surface area (Å²) >= 11 is 5.05. The van der Waals surface area contributed by atoms with Crippen LogP contribution in [0, 0.1) is 0 Å². The fraction of sp³-hybridized carbons (Fsp3) is 0.333. The first-order valence-corrected chi connectivity index (χ1v) is 8.32. The fourth-order valence-electron chi connectivity index (χ4n) is 1.78. The summed E-state index contributed by atoms with van der Waals surface area (Å²) in [6.45, 7) is 4.84. The summed E-state index contributed by atoms with van der Waals surface area (Å²) in [6, 6.07) is 3.39. The zero-order chi connectivity index (χ0) is 15.2. The van der Waals surface area contributed by atoms with Crippen molar-refractivity contribution in [2.24, 2.45) is 0 Å². The number of carbonyl (C=O) groups is 1. The molecular weight excluding hydrogens is 354 g/mol. The van der Waals surface area contributed by atoms with E-state index in [1.54, 1.807) is 23.5 Å². The predicted molar refractivity (Wildman–Crippen MR) is 86.5 cm³/mol. The third-order valence-electron chi connectivity index (χ3n) is 2.73. The smallest absolute Gasteiger partial charge is 0.175 e. The maximum atomic E-state index is 10.9. The zero-order valence-corrected chi connectivity index (χ0v) is 14.3. The van der Waals surface area contributed by atoms with Crippen molar-refractivity contribution in [3.8, 4) is 11.5 Å². The number of thiazole rings is 1. The van der Waals surface area contributed by atoms with E-state index in [4.69, 9.17) is 9.47 Å². The Balaban J connectivity index is 2.19. The molecule has 21 heavy (non-hydrogen) atoms. The van der Waals surface area contributed by atoms with Crippen LogP contribution < -0.4 is 9.47 Å². The second kappa shape index (κ2) is 7.56. The molecule has 112 valence electrons. The number of ether oxygens (including phenoxy) is 2. The maximum absolute atomic E-state index is 10.9. The van der Waals surface area contributed by atoms with Crippen molar-refractivity contribution < 1.29 is 14.3 Å². The molecule has 4 nitrogen and oxygen atoms in total. The van der Waals surface area contributed by atoms with E-state index in [1.807, 2.05) is 12.3 Å². The van der Waals surface area contributed by atoms with Gasteiger partial charge in [-0.3, -0.25) is 4.79 Å². The lowest BCUT2D eigenvalue weighted by atomic mass is 10.2. The maximum Gasteiger partial charge on any atom is 0.175 e. The predicted octanol–water partition coefficient (Wildman–Crippen LogP) is 4.26. The Morgan fingerprint density at radius 1 is 1.33 bits per heavy atom. The second-order valence-corrected chi connectivity index (χ2v) is 6.05. The standard InChI is InChI=1S/C15H16BrNO3S/c1-3-14-17-11(9-21-14)8-20-15-12(16)5-10(7-18)6-13(15)19-4-2/h5-7,9H,3-4,8H2,1-2H3. The van der Waals surface area contributed by atoms with Crippen LogP contribution in [0.15, 0.2) is 22.0 Å². The van der Waals surface area contributed by atoms with Gasteiger partial charge in [0.15, 0.2) is 11.5 Å². The van der Waals surface area contributed by atoms with E-state index in [1.165, 1.54) is 0 Å². The number of rotatable bonds is 7. The summed E-state index contributed by atoms with van der Waals surface area (Å²) in [7, 11) is 0. The molecular formula is C15H16BrNO3S. The van der Waals surface area contributed by atoms with Crippen LogP contribution in [0.1, 0.15) is 34.9 Å². The number of hydrogen-bond donors (Lipinski definition) is 0. The molecule has 0 spiro atoms. The Morgan fingerprint density at radius 3 is 2.76 bits per heavy atom. The first-order chi connectivity index (χ1) is 10.2. The van der Waals surface area contributed by atoms with Crippen LogP contribution in [-0.2, 0) is 13.0 Å². The molecule has 0 saturated heterocycles. The average molecular weight is 370 g/mol. The van der Waals surface area contributed by atoms with Gasteiger partial charge in [-0.2, -0.15) is 0 Å². The van der Waals surface area contributed by atoms with Crippen molar-refractivity contribution >= 4 is 33.6 Å². The van der Waals surface area contributed by atoms with Crippen LogP contribution in [0.4, 0.5) is 0 Å². The van der Waals surface area contributed by atoms with Gasteiger partial charge in [0.25, 0.3) is 0 Å². The number of nitrogens with zero attached hydrogens (tertiary/aromatic N) is 1. The van der Waals surface area contributed by atoms with Crippen molar-refractivity contribution in [1.82, 2.24) is 4.98 Å². The Bertz CT molecular complexity index is 627. The number of halogens is 1. The van der Waals surface area contributed by atoms with Crippen LogP contribution in [0.5, 0.6) is 11.5 Å².